The van der Waals surface area contributed by atoms with Crippen LogP contribution in [-0.4, -0.2) is 36.0 Å². The van der Waals surface area contributed by atoms with Crippen molar-refractivity contribution in [3.63, 3.8) is 0 Å². The average molecular weight is 397 g/mol. The lowest BCUT2D eigenvalue weighted by Gasteiger charge is -2.36. The van der Waals surface area contributed by atoms with E-state index in [1.807, 2.05) is 4.90 Å². The third-order valence-electron chi connectivity index (χ3n) is 5.67. The van der Waals surface area contributed by atoms with E-state index in [-0.39, 0.29) is 24.0 Å². The van der Waals surface area contributed by atoms with E-state index in [0.717, 1.165) is 6.07 Å². The minimum atomic E-state index is -4.47. The molecule has 4 rings (SSSR count). The highest BCUT2D eigenvalue weighted by molar-refractivity contribution is 6.03. The number of piperidine rings is 1. The highest BCUT2D eigenvalue weighted by atomic mass is 19.4. The number of hydrogen-bond donors (Lipinski definition) is 0. The third-order valence-corrected chi connectivity index (χ3v) is 5.67. The fourth-order valence-electron chi connectivity index (χ4n) is 4.29. The van der Waals surface area contributed by atoms with Gasteiger partial charge < -0.3 is 4.90 Å². The Morgan fingerprint density at radius 3 is 2.71 bits per heavy atom. The van der Waals surface area contributed by atoms with Gasteiger partial charge in [-0.15, -0.1) is 0 Å². The van der Waals surface area contributed by atoms with Crippen molar-refractivity contribution in [3.8, 4) is 0 Å². The largest absolute Gasteiger partial charge is 0.433 e. The van der Waals surface area contributed by atoms with Crippen molar-refractivity contribution in [2.45, 2.75) is 44.6 Å². The zero-order valence-corrected chi connectivity index (χ0v) is 15.3. The molecule has 8 heteroatoms. The molecule has 3 nitrogen and oxygen atoms in total. The molecule has 3 atom stereocenters. The minimum absolute atomic E-state index is 0.00707. The first-order valence-electron chi connectivity index (χ1n) is 9.30. The number of aryl methyl sites for hydroxylation is 1. The van der Waals surface area contributed by atoms with Gasteiger partial charge >= 0.3 is 6.18 Å². The number of anilines is 1. The number of aromatic nitrogens is 1. The molecule has 3 aliphatic rings. The number of rotatable bonds is 2. The first-order chi connectivity index (χ1) is 13.2. The second kappa shape index (κ2) is 6.97. The lowest BCUT2D eigenvalue weighted by atomic mass is 9.88. The topological polar surface area (TPSA) is 28.5 Å². The molecule has 0 aromatic carbocycles. The van der Waals surface area contributed by atoms with Crippen molar-refractivity contribution in [3.05, 3.63) is 47.1 Å². The van der Waals surface area contributed by atoms with Gasteiger partial charge in [0.05, 0.1) is 17.9 Å². The quantitative estimate of drug-likeness (QED) is 0.660. The molecule has 2 aliphatic heterocycles. The van der Waals surface area contributed by atoms with Crippen molar-refractivity contribution >= 4 is 11.4 Å². The van der Waals surface area contributed by atoms with Gasteiger partial charge in [-0.25, -0.2) is 13.8 Å². The summed E-state index contributed by atoms with van der Waals surface area (Å²) in [4.78, 5) is 10.2. The highest BCUT2D eigenvalue weighted by Gasteiger charge is 2.39. The van der Waals surface area contributed by atoms with Crippen LogP contribution < -0.4 is 4.90 Å². The number of fused-ring (bicyclic) bond motifs is 1. The molecule has 1 aliphatic carbocycles. The van der Waals surface area contributed by atoms with Crippen LogP contribution in [0.5, 0.6) is 0 Å². The van der Waals surface area contributed by atoms with E-state index >= 15 is 0 Å². The minimum Gasteiger partial charge on any atom is -0.370 e. The van der Waals surface area contributed by atoms with Gasteiger partial charge in [0.1, 0.15) is 17.7 Å². The van der Waals surface area contributed by atoms with E-state index in [9.17, 15) is 22.0 Å². The Hall–Kier alpha value is -2.25. The Labute approximate surface area is 159 Å². The maximum atomic E-state index is 14.2. The number of halogens is 5. The molecule has 150 valence electrons. The lowest BCUT2D eigenvalue weighted by molar-refractivity contribution is -0.141. The van der Waals surface area contributed by atoms with E-state index in [1.165, 1.54) is 18.3 Å². The Balaban J connectivity index is 1.51. The summed E-state index contributed by atoms with van der Waals surface area (Å²) in [6.45, 7) is 2.83. The molecule has 3 unspecified atom stereocenters. The summed E-state index contributed by atoms with van der Waals surface area (Å²) in [5, 5.41) is 0. The Morgan fingerprint density at radius 1 is 1.25 bits per heavy atom. The van der Waals surface area contributed by atoms with Crippen LogP contribution in [0.3, 0.4) is 0 Å². The van der Waals surface area contributed by atoms with Crippen LogP contribution in [0.1, 0.15) is 30.5 Å². The zero-order valence-electron chi connectivity index (χ0n) is 15.3. The first kappa shape index (κ1) is 19.1. The smallest absolute Gasteiger partial charge is 0.370 e. The van der Waals surface area contributed by atoms with Crippen LogP contribution in [-0.2, 0) is 6.18 Å². The van der Waals surface area contributed by atoms with Gasteiger partial charge in [-0.3, -0.25) is 4.99 Å². The highest BCUT2D eigenvalue weighted by Crippen LogP contribution is 2.38. The van der Waals surface area contributed by atoms with Crippen LogP contribution in [0.15, 0.2) is 40.8 Å². The second-order valence-electron chi connectivity index (χ2n) is 7.56. The molecule has 0 N–H and O–H groups in total. The molecule has 0 spiro atoms. The monoisotopic (exact) mass is 397 g/mol. The van der Waals surface area contributed by atoms with Crippen LogP contribution >= 0.6 is 0 Å². The van der Waals surface area contributed by atoms with Crippen LogP contribution in [0.2, 0.25) is 0 Å². The second-order valence-corrected chi connectivity index (χ2v) is 7.56. The molecular weight excluding hydrogens is 377 g/mol. The molecule has 0 amide bonds. The number of pyridine rings is 1. The summed E-state index contributed by atoms with van der Waals surface area (Å²) >= 11 is 0. The maximum Gasteiger partial charge on any atom is 0.433 e. The van der Waals surface area contributed by atoms with Crippen LogP contribution in [0.25, 0.3) is 0 Å². The normalized spacial score (nSPS) is 27.9. The SMILES string of the molecule is Cc1cc(C(F)(F)F)ncc1N1CCC2N=C(C3=C(F)C=CCC3F)CC2C1. The van der Waals surface area contributed by atoms with Gasteiger partial charge in [0.25, 0.3) is 0 Å². The fourth-order valence-corrected chi connectivity index (χ4v) is 4.29. The summed E-state index contributed by atoms with van der Waals surface area (Å²) < 4.78 is 66.9. The predicted molar refractivity (Wildman–Crippen MR) is 96.9 cm³/mol. The van der Waals surface area contributed by atoms with Crippen molar-refractivity contribution < 1.29 is 22.0 Å². The number of aliphatic imine (C=N–C) groups is 1. The van der Waals surface area contributed by atoms with E-state index in [1.54, 1.807) is 6.92 Å². The van der Waals surface area contributed by atoms with Gasteiger partial charge in [-0.05, 0) is 37.5 Å². The van der Waals surface area contributed by atoms with Crippen LogP contribution in [0.4, 0.5) is 27.6 Å². The molecule has 3 heterocycles. The third kappa shape index (κ3) is 3.44. The van der Waals surface area contributed by atoms with Gasteiger partial charge in [-0.2, -0.15) is 13.2 Å². The number of allylic oxidation sites excluding steroid dienone is 4. The molecule has 0 bridgehead atoms. The Kier molecular flexibility index (Phi) is 4.75. The lowest BCUT2D eigenvalue weighted by Crippen LogP contribution is -2.41. The van der Waals surface area contributed by atoms with Gasteiger partial charge in [-0.1, -0.05) is 6.08 Å². The summed E-state index contributed by atoms with van der Waals surface area (Å²) in [5.41, 5.74) is 0.824. The Bertz CT molecular complexity index is 871. The molecular formula is C20H20F5N3. The summed E-state index contributed by atoms with van der Waals surface area (Å²) in [6.07, 6.45) is -0.489. The standard InChI is InChI=1S/C20H20F5N3/c1-11-7-18(20(23,24)25)26-9-17(11)28-6-5-15-12(10-28)8-16(27-15)19-13(21)3-2-4-14(19)22/h2-3,7,9,12,14-15H,4-6,8,10H2,1H3. The molecule has 1 saturated heterocycles. The van der Waals surface area contributed by atoms with Gasteiger partial charge in [0.15, 0.2) is 0 Å². The molecule has 1 fully saturated rings. The maximum absolute atomic E-state index is 14.2. The fraction of sp³-hybridized carbons (Fsp3) is 0.500. The molecule has 0 saturated carbocycles. The zero-order chi connectivity index (χ0) is 20.1. The summed E-state index contributed by atoms with van der Waals surface area (Å²) in [5.74, 6) is -0.473. The van der Waals surface area contributed by atoms with Crippen LogP contribution in [0, 0.1) is 12.8 Å². The number of hydrogen-bond acceptors (Lipinski definition) is 3. The summed E-state index contributed by atoms with van der Waals surface area (Å²) in [6, 6.07) is 1.05. The molecule has 1 aromatic heterocycles. The molecule has 28 heavy (non-hydrogen) atoms. The number of alkyl halides is 4. The van der Waals surface area contributed by atoms with E-state index in [4.69, 9.17) is 0 Å². The van der Waals surface area contributed by atoms with Gasteiger partial charge in [0, 0.05) is 36.7 Å². The van der Waals surface area contributed by atoms with Crippen molar-refractivity contribution in [1.29, 1.82) is 0 Å². The first-order valence-corrected chi connectivity index (χ1v) is 9.30. The van der Waals surface area contributed by atoms with E-state index < -0.39 is 23.9 Å². The van der Waals surface area contributed by atoms with Crippen molar-refractivity contribution in [2.75, 3.05) is 18.0 Å². The molecule has 1 aromatic rings. The van der Waals surface area contributed by atoms with Crippen molar-refractivity contribution in [1.82, 2.24) is 4.98 Å². The Morgan fingerprint density at radius 2 is 2.04 bits per heavy atom. The summed E-state index contributed by atoms with van der Waals surface area (Å²) in [7, 11) is 0. The molecule has 0 radical (unpaired) electrons. The van der Waals surface area contributed by atoms with Crippen molar-refractivity contribution in [2.24, 2.45) is 10.9 Å². The average Bonchev–Trinajstić information content (AvgIpc) is 3.03. The predicted octanol–water partition coefficient (Wildman–Crippen LogP) is 4.97. The number of nitrogens with zero attached hydrogens (tertiary/aromatic N) is 3. The van der Waals surface area contributed by atoms with E-state index in [0.29, 0.717) is 42.9 Å². The van der Waals surface area contributed by atoms with Gasteiger partial charge in [0.2, 0.25) is 0 Å². The van der Waals surface area contributed by atoms with E-state index in [2.05, 4.69) is 9.98 Å².